The Bertz CT molecular complexity index is 2740. The predicted octanol–water partition coefficient (Wildman–Crippen LogP) is -2.16. The van der Waals surface area contributed by atoms with Gasteiger partial charge in [-0.3, -0.25) is 30.7 Å². The van der Waals surface area contributed by atoms with Gasteiger partial charge in [-0.15, -0.1) is 5.11 Å². The summed E-state index contributed by atoms with van der Waals surface area (Å²) in [5.74, 6) is -2.75. The van der Waals surface area contributed by atoms with Gasteiger partial charge in [0.1, 0.15) is 54.6 Å². The van der Waals surface area contributed by atoms with Crippen molar-refractivity contribution in [3.63, 3.8) is 0 Å². The van der Waals surface area contributed by atoms with E-state index in [1.54, 1.807) is 0 Å². The topological polar surface area (TPSA) is 330 Å². The maximum Gasteiger partial charge on any atom is 1.00 e. The molecule has 3 aliphatic carbocycles. The largest absolute Gasteiger partial charge is 1.00 e. The molecule has 0 radical (unpaired) electrons. The fraction of sp³-hybridized carbons (Fsp3) is 0. The second kappa shape index (κ2) is 18.5. The first-order valence-corrected chi connectivity index (χ1v) is 18.3. The molecule has 0 atom stereocenters. The Morgan fingerprint density at radius 3 is 1.53 bits per heavy atom. The first kappa shape index (κ1) is 45.3. The standard InChI is InChI=1S/C34H25N9O11S2.2Na/c35-31-30-17(13-28(55(49,50)51)32(31)42-38-20-5-1-18(2-6-20)36-40-24-11-9-22(44)15-26(24)46)14-29(56(52,53)54)33(34(30)48)43-39-21-7-3-19(4-8-21)37-41-25-12-10-23(45)16-27(25)47;;/h1-16,36-37,39,46-47H,35H2,(H,49,50,51)(H,52,53,54);;/q;2*+1/p-2/b40-24+,41-25-,42-38?,43-33+;;. The maximum absolute atomic E-state index is 13.8. The number of anilines is 4. The Labute approximate surface area is 372 Å². The summed E-state index contributed by atoms with van der Waals surface area (Å²) in [4.78, 5) is 34.2. The molecule has 24 heteroatoms. The van der Waals surface area contributed by atoms with Gasteiger partial charge in [-0.2, -0.15) is 20.4 Å². The maximum atomic E-state index is 13.8. The predicted molar refractivity (Wildman–Crippen MR) is 201 cm³/mol. The molecule has 0 fully saturated rings. The van der Waals surface area contributed by atoms with E-state index in [9.17, 15) is 50.5 Å². The number of rotatable bonds is 10. The van der Waals surface area contributed by atoms with Crippen LogP contribution in [-0.4, -0.2) is 70.6 Å². The Balaban J connectivity index is 0.00000372. The van der Waals surface area contributed by atoms with Crippen LogP contribution in [0.25, 0.3) is 6.08 Å². The van der Waals surface area contributed by atoms with Crippen LogP contribution in [0, 0.1) is 0 Å². The number of aliphatic hydroxyl groups excluding tert-OH is 2. The van der Waals surface area contributed by atoms with Crippen molar-refractivity contribution >= 4 is 94.9 Å². The van der Waals surface area contributed by atoms with Gasteiger partial charge < -0.3 is 25.1 Å². The van der Waals surface area contributed by atoms with Crippen LogP contribution in [0.1, 0.15) is 15.9 Å². The molecule has 0 aliphatic heterocycles. The number of hydrogen-bond acceptors (Lipinski definition) is 20. The zero-order valence-corrected chi connectivity index (χ0v) is 35.6. The number of allylic oxidation sites excluding steroid dienone is 7. The SMILES string of the molecule is Nc1c(N=Nc2ccc(N/N=C3\C=CC(=O)C=C3O)cc2)c(S(=O)(=O)[O-])cc2c1C(=O)/C(=N/Nc1ccc(N/N=C3/C=CC(=O)C=C3O)cc1)C(S(=O)(=O)[O-])=C2.[Na+].[Na+]. The second-order valence-electron chi connectivity index (χ2n) is 11.5. The molecule has 0 aromatic heterocycles. The minimum Gasteiger partial charge on any atom is -0.744 e. The fourth-order valence-corrected chi connectivity index (χ4v) is 6.29. The van der Waals surface area contributed by atoms with Crippen LogP contribution in [0.5, 0.6) is 0 Å². The van der Waals surface area contributed by atoms with Gasteiger partial charge >= 0.3 is 59.1 Å². The summed E-state index contributed by atoms with van der Waals surface area (Å²) in [6.45, 7) is 0. The quantitative estimate of drug-likeness (QED) is 0.0316. The molecule has 0 bridgehead atoms. The molecule has 20 nitrogen and oxygen atoms in total. The summed E-state index contributed by atoms with van der Waals surface area (Å²) in [6.07, 6.45) is 7.64. The number of carbonyl (C=O) groups is 3. The van der Waals surface area contributed by atoms with Crippen LogP contribution in [-0.2, 0) is 29.8 Å². The van der Waals surface area contributed by atoms with E-state index in [0.717, 1.165) is 12.2 Å². The van der Waals surface area contributed by atoms with Crippen LogP contribution >= 0.6 is 0 Å². The van der Waals surface area contributed by atoms with Crippen molar-refractivity contribution in [1.29, 1.82) is 0 Å². The number of hydrazone groups is 3. The zero-order valence-electron chi connectivity index (χ0n) is 29.9. The minimum absolute atomic E-state index is 0. The number of nitrogens with two attached hydrogens (primary N) is 1. The number of aliphatic hydroxyl groups is 2. The van der Waals surface area contributed by atoms with Gasteiger partial charge in [0.25, 0.3) is 0 Å². The van der Waals surface area contributed by atoms with Crippen molar-refractivity contribution in [3.8, 4) is 0 Å². The van der Waals surface area contributed by atoms with Crippen LogP contribution in [0.2, 0.25) is 0 Å². The van der Waals surface area contributed by atoms with Crippen molar-refractivity contribution in [3.05, 3.63) is 119 Å². The number of nitrogen functional groups attached to an aromatic ring is 1. The van der Waals surface area contributed by atoms with Gasteiger partial charge in [-0.1, -0.05) is 0 Å². The molecule has 0 saturated carbocycles. The van der Waals surface area contributed by atoms with Crippen molar-refractivity contribution in [1.82, 2.24) is 0 Å². The molecule has 0 spiro atoms. The average molecular weight is 844 g/mol. The number of benzene rings is 3. The van der Waals surface area contributed by atoms with E-state index in [4.69, 9.17) is 5.73 Å². The van der Waals surface area contributed by atoms with Gasteiger partial charge in [-0.25, -0.2) is 16.8 Å². The van der Waals surface area contributed by atoms with E-state index >= 15 is 0 Å². The minimum atomic E-state index is -5.44. The number of nitrogens with one attached hydrogen (secondary N) is 3. The van der Waals surface area contributed by atoms with Crippen LogP contribution in [0.15, 0.2) is 138 Å². The summed E-state index contributed by atoms with van der Waals surface area (Å²) in [5, 5.41) is 39.3. The van der Waals surface area contributed by atoms with E-state index in [1.165, 1.54) is 72.8 Å². The van der Waals surface area contributed by atoms with Crippen LogP contribution in [0.4, 0.5) is 34.1 Å². The Morgan fingerprint density at radius 2 is 1.09 bits per heavy atom. The smallest absolute Gasteiger partial charge is 0.744 e. The van der Waals surface area contributed by atoms with Gasteiger partial charge in [-0.05, 0) is 90.5 Å². The molecule has 0 unspecified atom stereocenters. The summed E-state index contributed by atoms with van der Waals surface area (Å²) >= 11 is 0. The van der Waals surface area contributed by atoms with Crippen LogP contribution in [0.3, 0.4) is 0 Å². The van der Waals surface area contributed by atoms with Crippen molar-refractivity contribution < 1.29 is 110 Å². The van der Waals surface area contributed by atoms with Gasteiger partial charge in [0.15, 0.2) is 11.6 Å². The van der Waals surface area contributed by atoms with E-state index in [2.05, 4.69) is 41.8 Å². The molecular formula is C34H23N9Na2O11S2. The van der Waals surface area contributed by atoms with Gasteiger partial charge in [0, 0.05) is 12.2 Å². The second-order valence-corrected chi connectivity index (χ2v) is 14.2. The van der Waals surface area contributed by atoms with Gasteiger partial charge in [0.2, 0.25) is 5.78 Å². The molecule has 0 amide bonds. The zero-order chi connectivity index (χ0) is 40.4. The third kappa shape index (κ3) is 10.6. The number of hydrogen-bond donors (Lipinski definition) is 6. The molecule has 3 aromatic carbocycles. The molecular weight excluding hydrogens is 821 g/mol. The van der Waals surface area contributed by atoms with E-state index in [-0.39, 0.29) is 93.4 Å². The van der Waals surface area contributed by atoms with E-state index < -0.39 is 75.6 Å². The molecule has 7 N–H and O–H groups in total. The summed E-state index contributed by atoms with van der Waals surface area (Å²) < 4.78 is 73.8. The number of azo groups is 1. The van der Waals surface area contributed by atoms with E-state index in [0.29, 0.717) is 23.5 Å². The fourth-order valence-electron chi connectivity index (χ4n) is 4.98. The normalized spacial score (nSPS) is 17.3. The van der Waals surface area contributed by atoms with Gasteiger partial charge in [0.05, 0.1) is 43.8 Å². The average Bonchev–Trinajstić information content (AvgIpc) is 3.13. The summed E-state index contributed by atoms with van der Waals surface area (Å²) in [7, 11) is -10.8. The molecule has 58 heavy (non-hydrogen) atoms. The van der Waals surface area contributed by atoms with Crippen molar-refractivity contribution in [2.75, 3.05) is 22.0 Å². The number of nitrogens with zero attached hydrogens (tertiary/aromatic N) is 5. The molecule has 0 heterocycles. The number of fused-ring (bicyclic) bond motifs is 1. The van der Waals surface area contributed by atoms with E-state index in [1.807, 2.05) is 0 Å². The number of Topliss-reactive ketones (excluding diaryl/α,β-unsaturated/α-hetero) is 1. The van der Waals surface area contributed by atoms with Crippen molar-refractivity contribution in [2.45, 2.75) is 4.90 Å². The van der Waals surface area contributed by atoms with Crippen LogP contribution < -0.4 is 81.1 Å². The summed E-state index contributed by atoms with van der Waals surface area (Å²) in [6, 6.07) is 12.2. The van der Waals surface area contributed by atoms with Crippen molar-refractivity contribution in [2.24, 2.45) is 25.5 Å². The third-order valence-electron chi connectivity index (χ3n) is 7.65. The molecule has 6 rings (SSSR count). The Morgan fingerprint density at radius 1 is 0.621 bits per heavy atom. The Kier molecular flexibility index (Phi) is 14.4. The Hall–Kier alpha value is -5.40. The number of carbonyl (C=O) groups excluding carboxylic acids is 3. The summed E-state index contributed by atoms with van der Waals surface area (Å²) in [5.41, 5.74) is 11.9. The first-order chi connectivity index (χ1) is 26.5. The first-order valence-electron chi connectivity index (χ1n) is 15.5. The molecule has 0 saturated heterocycles. The molecule has 3 aromatic rings. The molecule has 284 valence electrons. The monoisotopic (exact) mass is 843 g/mol. The third-order valence-corrected chi connectivity index (χ3v) is 9.35. The number of ketones is 3. The molecule has 3 aliphatic rings.